The molecule has 2 rings (SSSR count). The van der Waals surface area contributed by atoms with E-state index in [-0.39, 0.29) is 29.6 Å². The van der Waals surface area contributed by atoms with Crippen molar-refractivity contribution in [2.75, 3.05) is 20.7 Å². The van der Waals surface area contributed by atoms with Crippen molar-refractivity contribution in [2.45, 2.75) is 25.8 Å². The van der Waals surface area contributed by atoms with Gasteiger partial charge in [0.1, 0.15) is 5.82 Å². The Balaban J connectivity index is 2.15. The lowest BCUT2D eigenvalue weighted by atomic mass is 9.89. The maximum absolute atomic E-state index is 13.0. The standard InChI is InChI=1S/C16H21FN2O3/c1-11-14(16(21)18(2)22-3)5-4-10-19(11)15(20)12-6-8-13(17)9-7-12/h6-9,11,14H,4-5,10H2,1-3H3. The van der Waals surface area contributed by atoms with E-state index < -0.39 is 0 Å². The summed E-state index contributed by atoms with van der Waals surface area (Å²) >= 11 is 0. The van der Waals surface area contributed by atoms with Crippen molar-refractivity contribution < 1.29 is 18.8 Å². The van der Waals surface area contributed by atoms with Crippen LogP contribution in [0.15, 0.2) is 24.3 Å². The molecule has 1 aromatic rings. The summed E-state index contributed by atoms with van der Waals surface area (Å²) in [6.07, 6.45) is 1.48. The van der Waals surface area contributed by atoms with Crippen LogP contribution in [0.1, 0.15) is 30.1 Å². The molecule has 6 heteroatoms. The van der Waals surface area contributed by atoms with Crippen LogP contribution in [0.3, 0.4) is 0 Å². The lowest BCUT2D eigenvalue weighted by Gasteiger charge is -2.39. The number of benzene rings is 1. The Morgan fingerprint density at radius 3 is 2.55 bits per heavy atom. The van der Waals surface area contributed by atoms with Gasteiger partial charge in [0.25, 0.3) is 11.8 Å². The normalized spacial score (nSPS) is 21.5. The molecule has 0 radical (unpaired) electrons. The summed E-state index contributed by atoms with van der Waals surface area (Å²) < 4.78 is 13.0. The number of piperidine rings is 1. The molecule has 22 heavy (non-hydrogen) atoms. The molecule has 0 spiro atoms. The Hall–Kier alpha value is -1.95. The number of hydrogen-bond donors (Lipinski definition) is 0. The van der Waals surface area contributed by atoms with Crippen LogP contribution in [0.5, 0.6) is 0 Å². The first-order valence-electron chi connectivity index (χ1n) is 7.34. The van der Waals surface area contributed by atoms with Crippen LogP contribution in [-0.2, 0) is 9.63 Å². The van der Waals surface area contributed by atoms with Crippen LogP contribution in [-0.4, -0.2) is 48.5 Å². The molecule has 1 aromatic carbocycles. The van der Waals surface area contributed by atoms with Gasteiger partial charge in [-0.05, 0) is 44.0 Å². The minimum Gasteiger partial charge on any atom is -0.335 e. The predicted octanol–water partition coefficient (Wildman–Crippen LogP) is 2.09. The summed E-state index contributed by atoms with van der Waals surface area (Å²) in [6.45, 7) is 2.46. The summed E-state index contributed by atoms with van der Waals surface area (Å²) in [5.74, 6) is -0.974. The molecule has 2 amide bonds. The van der Waals surface area contributed by atoms with Gasteiger partial charge in [-0.15, -0.1) is 0 Å². The first-order valence-corrected chi connectivity index (χ1v) is 7.34. The second kappa shape index (κ2) is 6.87. The summed E-state index contributed by atoms with van der Waals surface area (Å²) in [4.78, 5) is 31.5. The predicted molar refractivity (Wildman–Crippen MR) is 79.4 cm³/mol. The van der Waals surface area contributed by atoms with Crippen molar-refractivity contribution in [1.82, 2.24) is 9.96 Å². The van der Waals surface area contributed by atoms with Gasteiger partial charge in [-0.2, -0.15) is 0 Å². The van der Waals surface area contributed by atoms with E-state index >= 15 is 0 Å². The Kier molecular flexibility index (Phi) is 5.13. The van der Waals surface area contributed by atoms with E-state index in [1.807, 2.05) is 6.92 Å². The highest BCUT2D eigenvalue weighted by Crippen LogP contribution is 2.26. The molecule has 1 fully saturated rings. The third-order valence-corrected chi connectivity index (χ3v) is 4.24. The maximum atomic E-state index is 13.0. The summed E-state index contributed by atoms with van der Waals surface area (Å²) in [5.41, 5.74) is 0.432. The molecule has 1 heterocycles. The van der Waals surface area contributed by atoms with Gasteiger partial charge in [0.2, 0.25) is 0 Å². The van der Waals surface area contributed by atoms with Gasteiger partial charge in [0.05, 0.1) is 13.0 Å². The zero-order valence-electron chi connectivity index (χ0n) is 13.1. The van der Waals surface area contributed by atoms with E-state index in [0.717, 1.165) is 12.8 Å². The fourth-order valence-corrected chi connectivity index (χ4v) is 2.84. The van der Waals surface area contributed by atoms with E-state index in [9.17, 15) is 14.0 Å². The van der Waals surface area contributed by atoms with Gasteiger partial charge in [0.15, 0.2) is 0 Å². The first kappa shape index (κ1) is 16.4. The minimum absolute atomic E-state index is 0.133. The number of rotatable bonds is 3. The average Bonchev–Trinajstić information content (AvgIpc) is 2.53. The van der Waals surface area contributed by atoms with Gasteiger partial charge < -0.3 is 4.90 Å². The molecular weight excluding hydrogens is 287 g/mol. The molecule has 1 aliphatic rings. The Labute approximate surface area is 129 Å². The molecule has 0 N–H and O–H groups in total. The molecule has 2 atom stereocenters. The third-order valence-electron chi connectivity index (χ3n) is 4.24. The van der Waals surface area contributed by atoms with Crippen molar-refractivity contribution in [3.05, 3.63) is 35.6 Å². The third kappa shape index (κ3) is 3.27. The highest BCUT2D eigenvalue weighted by Gasteiger charge is 2.37. The van der Waals surface area contributed by atoms with Crippen LogP contribution in [0.4, 0.5) is 4.39 Å². The van der Waals surface area contributed by atoms with Crippen LogP contribution in [0, 0.1) is 11.7 Å². The minimum atomic E-state index is -0.377. The van der Waals surface area contributed by atoms with Crippen LogP contribution < -0.4 is 0 Å². The molecule has 0 saturated carbocycles. The van der Waals surface area contributed by atoms with Gasteiger partial charge in [-0.1, -0.05) is 0 Å². The van der Waals surface area contributed by atoms with Crippen LogP contribution in [0.2, 0.25) is 0 Å². The highest BCUT2D eigenvalue weighted by molar-refractivity contribution is 5.95. The van der Waals surface area contributed by atoms with Gasteiger partial charge in [-0.3, -0.25) is 14.4 Å². The van der Waals surface area contributed by atoms with E-state index in [4.69, 9.17) is 4.84 Å². The van der Waals surface area contributed by atoms with E-state index in [0.29, 0.717) is 12.1 Å². The number of carbonyl (C=O) groups excluding carboxylic acids is 2. The van der Waals surface area contributed by atoms with E-state index in [1.54, 1.807) is 11.9 Å². The second-order valence-electron chi connectivity index (χ2n) is 5.51. The van der Waals surface area contributed by atoms with Crippen molar-refractivity contribution in [2.24, 2.45) is 5.92 Å². The number of hydroxylamine groups is 2. The van der Waals surface area contributed by atoms with Crippen LogP contribution in [0.25, 0.3) is 0 Å². The largest absolute Gasteiger partial charge is 0.335 e. The lowest BCUT2D eigenvalue weighted by molar-refractivity contribution is -0.176. The zero-order valence-corrected chi connectivity index (χ0v) is 13.1. The van der Waals surface area contributed by atoms with Gasteiger partial charge in [0, 0.05) is 25.2 Å². The fraction of sp³-hybridized carbons (Fsp3) is 0.500. The number of nitrogens with zero attached hydrogens (tertiary/aromatic N) is 2. The van der Waals surface area contributed by atoms with Crippen molar-refractivity contribution in [1.29, 1.82) is 0 Å². The number of amides is 2. The lowest BCUT2D eigenvalue weighted by Crippen LogP contribution is -2.51. The van der Waals surface area contributed by atoms with E-state index in [1.165, 1.54) is 36.4 Å². The highest BCUT2D eigenvalue weighted by atomic mass is 19.1. The Bertz CT molecular complexity index is 547. The van der Waals surface area contributed by atoms with Crippen LogP contribution >= 0.6 is 0 Å². The summed E-state index contributed by atoms with van der Waals surface area (Å²) in [6, 6.07) is 5.25. The first-order chi connectivity index (χ1) is 10.5. The topological polar surface area (TPSA) is 49.9 Å². The van der Waals surface area contributed by atoms with Gasteiger partial charge >= 0.3 is 0 Å². The molecule has 5 nitrogen and oxygen atoms in total. The molecule has 1 saturated heterocycles. The zero-order chi connectivity index (χ0) is 16.3. The molecule has 1 aliphatic heterocycles. The quantitative estimate of drug-likeness (QED) is 0.803. The van der Waals surface area contributed by atoms with Gasteiger partial charge in [-0.25, -0.2) is 9.45 Å². The Morgan fingerprint density at radius 1 is 1.32 bits per heavy atom. The molecule has 0 aliphatic carbocycles. The van der Waals surface area contributed by atoms with Crippen molar-refractivity contribution in [3.63, 3.8) is 0 Å². The summed E-state index contributed by atoms with van der Waals surface area (Å²) in [7, 11) is 3.00. The second-order valence-corrected chi connectivity index (χ2v) is 5.51. The average molecular weight is 308 g/mol. The molecule has 0 aromatic heterocycles. The van der Waals surface area contributed by atoms with Crippen molar-refractivity contribution >= 4 is 11.8 Å². The maximum Gasteiger partial charge on any atom is 0.254 e. The summed E-state index contributed by atoms with van der Waals surface area (Å²) in [5, 5.41) is 1.20. The number of carbonyl (C=O) groups is 2. The number of likely N-dealkylation sites (tertiary alicyclic amines) is 1. The van der Waals surface area contributed by atoms with Crippen molar-refractivity contribution in [3.8, 4) is 0 Å². The van der Waals surface area contributed by atoms with E-state index in [2.05, 4.69) is 0 Å². The fourth-order valence-electron chi connectivity index (χ4n) is 2.84. The Morgan fingerprint density at radius 2 is 1.95 bits per heavy atom. The number of halogens is 1. The SMILES string of the molecule is CON(C)C(=O)C1CCCN(C(=O)c2ccc(F)cc2)C1C. The molecule has 120 valence electrons. The number of hydrogen-bond acceptors (Lipinski definition) is 3. The molecule has 2 unspecified atom stereocenters. The smallest absolute Gasteiger partial charge is 0.254 e. The molecule has 0 bridgehead atoms. The monoisotopic (exact) mass is 308 g/mol. The molecular formula is C16H21FN2O3.